The first kappa shape index (κ1) is 13.3. The summed E-state index contributed by atoms with van der Waals surface area (Å²) in [6, 6.07) is 2.80. The summed E-state index contributed by atoms with van der Waals surface area (Å²) in [5, 5.41) is 9.25. The van der Waals surface area contributed by atoms with E-state index in [0.717, 1.165) is 30.6 Å². The van der Waals surface area contributed by atoms with Gasteiger partial charge in [-0.1, -0.05) is 18.0 Å². The van der Waals surface area contributed by atoms with Crippen LogP contribution in [0.4, 0.5) is 0 Å². The molecule has 0 saturated carbocycles. The Morgan fingerprint density at radius 1 is 1.47 bits per heavy atom. The summed E-state index contributed by atoms with van der Waals surface area (Å²) in [4.78, 5) is 0. The average Bonchev–Trinajstić information content (AvgIpc) is 2.76. The average molecular weight is 296 g/mol. The van der Waals surface area contributed by atoms with Crippen molar-refractivity contribution in [1.29, 1.82) is 0 Å². The number of hydrogen-bond acceptors (Lipinski definition) is 4. The van der Waals surface area contributed by atoms with Crippen molar-refractivity contribution in [2.45, 2.75) is 29.5 Å². The molecule has 1 aliphatic rings. The molecule has 1 aromatic heterocycles. The van der Waals surface area contributed by atoms with Crippen molar-refractivity contribution >= 4 is 33.0 Å². The molecule has 96 valence electrons. The molecule has 4 nitrogen and oxygen atoms in total. The highest BCUT2D eigenvalue weighted by molar-refractivity contribution is 7.91. The minimum atomic E-state index is -3.50. The Bertz CT molecular complexity index is 485. The van der Waals surface area contributed by atoms with Gasteiger partial charge in [0.2, 0.25) is 0 Å². The largest absolute Gasteiger partial charge is 0.395 e. The van der Waals surface area contributed by atoms with Crippen molar-refractivity contribution in [2.75, 3.05) is 13.2 Å². The van der Waals surface area contributed by atoms with Crippen molar-refractivity contribution in [3.05, 3.63) is 16.5 Å². The Morgan fingerprint density at radius 2 is 2.24 bits per heavy atom. The van der Waals surface area contributed by atoms with Crippen molar-refractivity contribution in [3.8, 4) is 0 Å². The standard InChI is InChI=1S/C10H14ClNO3S2/c11-9-4-5-10(16-9)17(14,15)12-6-2-1-3-8(12)7-13/h4-5,8,13H,1-3,6-7H2. The van der Waals surface area contributed by atoms with Gasteiger partial charge in [-0.3, -0.25) is 0 Å². The number of nitrogens with zero attached hydrogens (tertiary/aromatic N) is 1. The summed E-state index contributed by atoms with van der Waals surface area (Å²) < 4.78 is 26.8. The lowest BCUT2D eigenvalue weighted by atomic mass is 10.1. The van der Waals surface area contributed by atoms with Crippen LogP contribution in [-0.2, 0) is 10.0 Å². The number of piperidine rings is 1. The number of halogens is 1. The first-order chi connectivity index (χ1) is 8.05. The van der Waals surface area contributed by atoms with Gasteiger partial charge in [0.25, 0.3) is 10.0 Å². The lowest BCUT2D eigenvalue weighted by Gasteiger charge is -2.32. The van der Waals surface area contributed by atoms with Crippen LogP contribution in [0.1, 0.15) is 19.3 Å². The molecule has 2 rings (SSSR count). The van der Waals surface area contributed by atoms with Crippen LogP contribution in [0.15, 0.2) is 16.3 Å². The highest BCUT2D eigenvalue weighted by Gasteiger charge is 2.33. The van der Waals surface area contributed by atoms with E-state index in [1.165, 1.54) is 10.4 Å². The van der Waals surface area contributed by atoms with E-state index in [0.29, 0.717) is 10.9 Å². The Labute approximate surface area is 110 Å². The maximum Gasteiger partial charge on any atom is 0.252 e. The third kappa shape index (κ3) is 2.66. The van der Waals surface area contributed by atoms with E-state index in [1.807, 2.05) is 0 Å². The van der Waals surface area contributed by atoms with Gasteiger partial charge in [-0.25, -0.2) is 8.42 Å². The minimum Gasteiger partial charge on any atom is -0.395 e. The van der Waals surface area contributed by atoms with E-state index < -0.39 is 10.0 Å². The predicted molar refractivity (Wildman–Crippen MR) is 67.9 cm³/mol. The van der Waals surface area contributed by atoms with Crippen LogP contribution in [-0.4, -0.2) is 37.0 Å². The van der Waals surface area contributed by atoms with Gasteiger partial charge in [-0.05, 0) is 25.0 Å². The Balaban J connectivity index is 2.30. The van der Waals surface area contributed by atoms with Crippen LogP contribution < -0.4 is 0 Å². The summed E-state index contributed by atoms with van der Waals surface area (Å²) >= 11 is 6.82. The Hall–Kier alpha value is -0.140. The first-order valence-electron chi connectivity index (χ1n) is 5.44. The van der Waals surface area contributed by atoms with Gasteiger partial charge < -0.3 is 5.11 Å². The van der Waals surface area contributed by atoms with Gasteiger partial charge in [0.15, 0.2) is 0 Å². The zero-order valence-electron chi connectivity index (χ0n) is 9.17. The molecule has 1 aliphatic heterocycles. The van der Waals surface area contributed by atoms with Crippen LogP contribution in [0.2, 0.25) is 4.34 Å². The molecule has 1 atom stereocenters. The smallest absolute Gasteiger partial charge is 0.252 e. The van der Waals surface area contributed by atoms with Gasteiger partial charge in [0, 0.05) is 12.6 Å². The van der Waals surface area contributed by atoms with Gasteiger partial charge in [0.1, 0.15) is 4.21 Å². The molecule has 2 heterocycles. The number of aliphatic hydroxyl groups excluding tert-OH is 1. The molecule has 1 unspecified atom stereocenters. The molecule has 0 amide bonds. The summed E-state index contributed by atoms with van der Waals surface area (Å²) in [6.45, 7) is 0.349. The Kier molecular flexibility index (Phi) is 4.10. The maximum absolute atomic E-state index is 12.3. The summed E-state index contributed by atoms with van der Waals surface area (Å²) in [7, 11) is -3.50. The molecule has 0 spiro atoms. The molecular formula is C10H14ClNO3S2. The molecule has 0 radical (unpaired) electrons. The summed E-state index contributed by atoms with van der Waals surface area (Å²) in [5.74, 6) is 0. The fourth-order valence-corrected chi connectivity index (χ4v) is 5.32. The lowest BCUT2D eigenvalue weighted by molar-refractivity contribution is 0.155. The number of rotatable bonds is 3. The summed E-state index contributed by atoms with van der Waals surface area (Å²) in [6.07, 6.45) is 2.52. The van der Waals surface area contributed by atoms with Crippen LogP contribution >= 0.6 is 22.9 Å². The maximum atomic E-state index is 12.3. The molecule has 17 heavy (non-hydrogen) atoms. The lowest BCUT2D eigenvalue weighted by Crippen LogP contribution is -2.45. The van der Waals surface area contributed by atoms with Gasteiger partial charge in [-0.15, -0.1) is 11.3 Å². The van der Waals surface area contributed by atoms with Crippen LogP contribution in [0.25, 0.3) is 0 Å². The second-order valence-electron chi connectivity index (χ2n) is 4.01. The highest BCUT2D eigenvalue weighted by Crippen LogP contribution is 2.31. The van der Waals surface area contributed by atoms with Crippen LogP contribution in [0.5, 0.6) is 0 Å². The number of aliphatic hydroxyl groups is 1. The van der Waals surface area contributed by atoms with Crippen LogP contribution in [0, 0.1) is 0 Å². The number of thiophene rings is 1. The van der Waals surface area contributed by atoms with Gasteiger partial charge in [-0.2, -0.15) is 4.31 Å². The molecular weight excluding hydrogens is 282 g/mol. The highest BCUT2D eigenvalue weighted by atomic mass is 35.5. The molecule has 0 bridgehead atoms. The van der Waals surface area contributed by atoms with Crippen molar-refractivity contribution in [1.82, 2.24) is 4.31 Å². The topological polar surface area (TPSA) is 57.6 Å². The monoisotopic (exact) mass is 295 g/mol. The molecule has 0 aromatic carbocycles. The van der Waals surface area contributed by atoms with Crippen LogP contribution in [0.3, 0.4) is 0 Å². The van der Waals surface area contributed by atoms with E-state index in [2.05, 4.69) is 0 Å². The second-order valence-corrected chi connectivity index (χ2v) is 7.84. The first-order valence-corrected chi connectivity index (χ1v) is 8.07. The van der Waals surface area contributed by atoms with Gasteiger partial charge in [0.05, 0.1) is 10.9 Å². The van der Waals surface area contributed by atoms with E-state index in [9.17, 15) is 13.5 Å². The van der Waals surface area contributed by atoms with Crippen molar-refractivity contribution < 1.29 is 13.5 Å². The molecule has 7 heteroatoms. The molecule has 1 saturated heterocycles. The van der Waals surface area contributed by atoms with E-state index >= 15 is 0 Å². The van der Waals surface area contributed by atoms with E-state index in [1.54, 1.807) is 6.07 Å². The second kappa shape index (κ2) is 5.24. The normalized spacial score (nSPS) is 22.8. The zero-order valence-corrected chi connectivity index (χ0v) is 11.6. The third-order valence-corrected chi connectivity index (χ3v) is 6.55. The number of sulfonamides is 1. The van der Waals surface area contributed by atoms with E-state index in [-0.39, 0.29) is 16.9 Å². The van der Waals surface area contributed by atoms with Gasteiger partial charge >= 0.3 is 0 Å². The molecule has 1 N–H and O–H groups in total. The minimum absolute atomic E-state index is 0.127. The quantitative estimate of drug-likeness (QED) is 0.927. The Morgan fingerprint density at radius 3 is 2.82 bits per heavy atom. The molecule has 1 aromatic rings. The third-order valence-electron chi connectivity index (χ3n) is 2.90. The zero-order chi connectivity index (χ0) is 12.5. The fourth-order valence-electron chi connectivity index (χ4n) is 2.02. The number of hydrogen-bond donors (Lipinski definition) is 1. The van der Waals surface area contributed by atoms with Crippen molar-refractivity contribution in [3.63, 3.8) is 0 Å². The molecule has 1 fully saturated rings. The molecule has 0 aliphatic carbocycles. The fraction of sp³-hybridized carbons (Fsp3) is 0.600. The summed E-state index contributed by atoms with van der Waals surface area (Å²) in [5.41, 5.74) is 0. The SMILES string of the molecule is O=S(=O)(c1ccc(Cl)s1)N1CCCCC1CO. The van der Waals surface area contributed by atoms with E-state index in [4.69, 9.17) is 11.6 Å². The predicted octanol–water partition coefficient (Wildman–Crippen LogP) is 1.94. The van der Waals surface area contributed by atoms with Crippen molar-refractivity contribution in [2.24, 2.45) is 0 Å².